The van der Waals surface area contributed by atoms with Crippen LogP contribution in [0.5, 0.6) is 0 Å². The third-order valence-corrected chi connectivity index (χ3v) is 6.09. The lowest BCUT2D eigenvalue weighted by Gasteiger charge is -2.30. The molecule has 0 bridgehead atoms. The summed E-state index contributed by atoms with van der Waals surface area (Å²) in [6.07, 6.45) is 0.157. The van der Waals surface area contributed by atoms with Crippen molar-refractivity contribution in [3.8, 4) is 0 Å². The minimum atomic E-state index is -1.97. The van der Waals surface area contributed by atoms with Gasteiger partial charge in [-0.05, 0) is 31.5 Å². The molecule has 3 aromatic rings. The van der Waals surface area contributed by atoms with E-state index in [1.54, 1.807) is 31.2 Å². The molecule has 0 saturated heterocycles. The summed E-state index contributed by atoms with van der Waals surface area (Å²) in [4.78, 5) is 35.4. The first-order valence-corrected chi connectivity index (χ1v) is 9.95. The summed E-state index contributed by atoms with van der Waals surface area (Å²) in [6.45, 7) is 3.83. The van der Waals surface area contributed by atoms with E-state index in [9.17, 15) is 14.7 Å². The van der Waals surface area contributed by atoms with Crippen LogP contribution in [0.15, 0.2) is 58.3 Å². The van der Waals surface area contributed by atoms with E-state index in [1.807, 2.05) is 31.2 Å². The molecule has 0 amide bonds. The lowest BCUT2D eigenvalue weighted by Crippen LogP contribution is -2.46. The van der Waals surface area contributed by atoms with Crippen LogP contribution in [-0.2, 0) is 21.8 Å². The van der Waals surface area contributed by atoms with Crippen molar-refractivity contribution in [3.63, 3.8) is 0 Å². The number of rotatable bonds is 3. The first-order valence-electron chi connectivity index (χ1n) is 9.95. The number of esters is 1. The molecular weight excluding hydrogens is 382 g/mol. The summed E-state index contributed by atoms with van der Waals surface area (Å²) in [7, 11) is 0. The minimum Gasteiger partial charge on any atom is -0.465 e. The Bertz CT molecular complexity index is 1280. The molecule has 7 nitrogen and oxygen atoms in total. The van der Waals surface area contributed by atoms with Crippen molar-refractivity contribution in [2.75, 3.05) is 6.61 Å². The van der Waals surface area contributed by atoms with Gasteiger partial charge in [0.25, 0.3) is 5.56 Å². The third kappa shape index (κ3) is 2.35. The third-order valence-electron chi connectivity index (χ3n) is 6.09. The van der Waals surface area contributed by atoms with E-state index >= 15 is 0 Å². The number of aromatic nitrogens is 2. The van der Waals surface area contributed by atoms with Crippen LogP contribution in [0, 0.1) is 12.3 Å². The van der Waals surface area contributed by atoms with Crippen LogP contribution in [-0.4, -0.2) is 32.9 Å². The number of aryl methyl sites for hydroxylation is 1. The van der Waals surface area contributed by atoms with Gasteiger partial charge >= 0.3 is 5.97 Å². The molecule has 5 rings (SSSR count). The number of para-hydroxylation sites is 1. The van der Waals surface area contributed by atoms with E-state index in [0.717, 1.165) is 11.1 Å². The highest BCUT2D eigenvalue weighted by Gasteiger charge is 2.68. The number of aliphatic imine (C=N–C) groups is 1. The van der Waals surface area contributed by atoms with Gasteiger partial charge in [0.15, 0.2) is 5.82 Å². The second-order valence-electron chi connectivity index (χ2n) is 7.92. The van der Waals surface area contributed by atoms with E-state index in [1.165, 1.54) is 4.57 Å². The number of carbonyl (C=O) groups is 1. The van der Waals surface area contributed by atoms with Gasteiger partial charge in [-0.1, -0.05) is 42.0 Å². The van der Waals surface area contributed by atoms with E-state index in [2.05, 4.69) is 9.98 Å². The van der Waals surface area contributed by atoms with Crippen molar-refractivity contribution in [2.45, 2.75) is 32.5 Å². The lowest BCUT2D eigenvalue weighted by atomic mass is 9.77. The maximum Gasteiger partial charge on any atom is 0.319 e. The Labute approximate surface area is 172 Å². The van der Waals surface area contributed by atoms with Crippen molar-refractivity contribution < 1.29 is 14.6 Å². The first kappa shape index (κ1) is 18.7. The zero-order chi connectivity index (χ0) is 21.1. The van der Waals surface area contributed by atoms with Crippen LogP contribution in [0.2, 0.25) is 0 Å². The molecule has 0 aliphatic carbocycles. The molecule has 0 fully saturated rings. The number of aliphatic hydroxyl groups is 1. The minimum absolute atomic E-state index is 0.0345. The first-order chi connectivity index (χ1) is 14.4. The van der Waals surface area contributed by atoms with Crippen molar-refractivity contribution in [1.29, 1.82) is 0 Å². The fourth-order valence-electron chi connectivity index (χ4n) is 4.49. The summed E-state index contributed by atoms with van der Waals surface area (Å²) in [5.41, 5.74) is -0.722. The topological polar surface area (TPSA) is 93.8 Å². The van der Waals surface area contributed by atoms with Crippen molar-refractivity contribution >= 4 is 22.6 Å². The highest BCUT2D eigenvalue weighted by Crippen LogP contribution is 2.55. The van der Waals surface area contributed by atoms with Crippen LogP contribution in [0.1, 0.15) is 30.3 Å². The second kappa shape index (κ2) is 6.34. The summed E-state index contributed by atoms with van der Waals surface area (Å²) in [6, 6.07) is 14.7. The van der Waals surface area contributed by atoms with Gasteiger partial charge in [-0.3, -0.25) is 14.2 Å². The molecule has 0 saturated carbocycles. The largest absolute Gasteiger partial charge is 0.465 e. The van der Waals surface area contributed by atoms with Crippen LogP contribution in [0.3, 0.4) is 0 Å². The Balaban J connectivity index is 1.75. The van der Waals surface area contributed by atoms with Crippen LogP contribution in [0.25, 0.3) is 10.9 Å². The standard InChI is InChI=1S/C23H21N3O4/c1-3-30-21(28)22-12-18(15-10-8-14(2)9-11-15)25-23(22,29)20-24-17-7-5-4-6-16(17)19(27)26(20)13-22/h4-11,29H,3,12-13H2,1-2H3/t22-,23-/m0/s1. The Morgan fingerprint density at radius 3 is 2.67 bits per heavy atom. The zero-order valence-electron chi connectivity index (χ0n) is 16.8. The fraction of sp³-hybridized carbons (Fsp3) is 0.304. The molecule has 1 N–H and O–H groups in total. The molecule has 2 atom stereocenters. The Morgan fingerprint density at radius 2 is 1.93 bits per heavy atom. The molecule has 3 heterocycles. The van der Waals surface area contributed by atoms with E-state index in [4.69, 9.17) is 4.74 Å². The predicted octanol–water partition coefficient (Wildman–Crippen LogP) is 2.31. The monoisotopic (exact) mass is 403 g/mol. The molecule has 30 heavy (non-hydrogen) atoms. The molecule has 0 radical (unpaired) electrons. The van der Waals surface area contributed by atoms with Gasteiger partial charge in [0.05, 0.1) is 17.5 Å². The van der Waals surface area contributed by atoms with Gasteiger partial charge in [0, 0.05) is 18.7 Å². The molecule has 7 heteroatoms. The summed E-state index contributed by atoms with van der Waals surface area (Å²) >= 11 is 0. The number of ether oxygens (including phenoxy) is 1. The summed E-state index contributed by atoms with van der Waals surface area (Å²) in [5, 5.41) is 12.2. The number of benzene rings is 2. The van der Waals surface area contributed by atoms with E-state index in [-0.39, 0.29) is 31.0 Å². The van der Waals surface area contributed by atoms with Crippen molar-refractivity contribution in [1.82, 2.24) is 9.55 Å². The number of fused-ring (bicyclic) bond motifs is 4. The number of carbonyl (C=O) groups excluding carboxylic acids is 1. The maximum absolute atomic E-state index is 13.2. The second-order valence-corrected chi connectivity index (χ2v) is 7.92. The van der Waals surface area contributed by atoms with Gasteiger partial charge in [-0.2, -0.15) is 0 Å². The molecule has 2 aliphatic rings. The van der Waals surface area contributed by atoms with Gasteiger partial charge < -0.3 is 9.84 Å². The summed E-state index contributed by atoms with van der Waals surface area (Å²) < 4.78 is 6.72. The van der Waals surface area contributed by atoms with Gasteiger partial charge in [0.2, 0.25) is 5.72 Å². The number of hydrogen-bond donors (Lipinski definition) is 1. The van der Waals surface area contributed by atoms with Gasteiger partial charge in [-0.25, -0.2) is 9.98 Å². The quantitative estimate of drug-likeness (QED) is 0.678. The number of nitrogens with zero attached hydrogens (tertiary/aromatic N) is 3. The average molecular weight is 403 g/mol. The van der Waals surface area contributed by atoms with Crippen LogP contribution < -0.4 is 5.56 Å². The Morgan fingerprint density at radius 1 is 1.20 bits per heavy atom. The predicted molar refractivity (Wildman–Crippen MR) is 111 cm³/mol. The SMILES string of the molecule is CCOC(=O)[C@@]12CC(c3ccc(C)cc3)=N[C@]1(O)c1nc3ccccc3c(=O)n1C2. The highest BCUT2D eigenvalue weighted by molar-refractivity contribution is 6.06. The summed E-state index contributed by atoms with van der Waals surface area (Å²) in [5.74, 6) is -0.492. The molecule has 0 unspecified atom stereocenters. The van der Waals surface area contributed by atoms with Crippen LogP contribution >= 0.6 is 0 Å². The molecule has 1 aromatic heterocycles. The molecule has 2 aliphatic heterocycles. The fourth-order valence-corrected chi connectivity index (χ4v) is 4.49. The smallest absolute Gasteiger partial charge is 0.319 e. The Kier molecular flexibility index (Phi) is 3.95. The van der Waals surface area contributed by atoms with Crippen molar-refractivity contribution in [3.05, 3.63) is 75.8 Å². The maximum atomic E-state index is 13.2. The Hall–Kier alpha value is -3.32. The molecular formula is C23H21N3O4. The molecule has 152 valence electrons. The molecule has 0 spiro atoms. The highest BCUT2D eigenvalue weighted by atomic mass is 16.5. The zero-order valence-corrected chi connectivity index (χ0v) is 16.8. The average Bonchev–Trinajstić information content (AvgIpc) is 3.17. The van der Waals surface area contributed by atoms with E-state index in [0.29, 0.717) is 16.6 Å². The van der Waals surface area contributed by atoms with Crippen molar-refractivity contribution in [2.24, 2.45) is 10.4 Å². The van der Waals surface area contributed by atoms with Gasteiger partial charge in [0.1, 0.15) is 5.41 Å². The van der Waals surface area contributed by atoms with Crippen LogP contribution in [0.4, 0.5) is 0 Å². The molecule has 2 aromatic carbocycles. The normalized spacial score (nSPS) is 24.4. The van der Waals surface area contributed by atoms with E-state index < -0.39 is 17.1 Å². The lowest BCUT2D eigenvalue weighted by molar-refractivity contribution is -0.171. The van der Waals surface area contributed by atoms with Gasteiger partial charge in [-0.15, -0.1) is 0 Å². The number of hydrogen-bond acceptors (Lipinski definition) is 6.